The minimum atomic E-state index is -0.0975. The Morgan fingerprint density at radius 2 is 1.71 bits per heavy atom. The summed E-state index contributed by atoms with van der Waals surface area (Å²) in [7, 11) is 0. The van der Waals surface area contributed by atoms with E-state index in [1.165, 1.54) is 0 Å². The number of carbonyl (C=O) groups excluding carboxylic acids is 1. The smallest absolute Gasteiger partial charge is 0.255 e. The van der Waals surface area contributed by atoms with Gasteiger partial charge in [0.1, 0.15) is 0 Å². The Morgan fingerprint density at radius 1 is 1.10 bits per heavy atom. The molecule has 108 valence electrons. The first-order valence-corrected chi connectivity index (χ1v) is 7.28. The molecule has 1 unspecified atom stereocenters. The SMILES string of the molecule is C=C(NC(=O)c1ccccc1C(C)CC)c1ccccc1. The molecule has 0 aliphatic heterocycles. The number of rotatable bonds is 5. The van der Waals surface area contributed by atoms with Crippen LogP contribution >= 0.6 is 0 Å². The molecule has 2 aromatic carbocycles. The van der Waals surface area contributed by atoms with Gasteiger partial charge in [0.05, 0.1) is 0 Å². The normalized spacial score (nSPS) is 11.7. The maximum Gasteiger partial charge on any atom is 0.255 e. The second-order valence-corrected chi connectivity index (χ2v) is 5.20. The van der Waals surface area contributed by atoms with Gasteiger partial charge in [-0.2, -0.15) is 0 Å². The molecule has 0 spiro atoms. The van der Waals surface area contributed by atoms with Crippen LogP contribution in [0.15, 0.2) is 61.2 Å². The predicted molar refractivity (Wildman–Crippen MR) is 88.1 cm³/mol. The summed E-state index contributed by atoms with van der Waals surface area (Å²) in [6.45, 7) is 8.22. The Kier molecular flexibility index (Phi) is 4.94. The van der Waals surface area contributed by atoms with E-state index in [-0.39, 0.29) is 5.91 Å². The van der Waals surface area contributed by atoms with Crippen LogP contribution < -0.4 is 5.32 Å². The van der Waals surface area contributed by atoms with Crippen molar-refractivity contribution in [2.75, 3.05) is 0 Å². The highest BCUT2D eigenvalue weighted by Gasteiger charge is 2.15. The summed E-state index contributed by atoms with van der Waals surface area (Å²) in [5.74, 6) is 0.261. The zero-order valence-electron chi connectivity index (χ0n) is 12.6. The van der Waals surface area contributed by atoms with E-state index in [2.05, 4.69) is 25.7 Å². The lowest BCUT2D eigenvalue weighted by molar-refractivity contribution is 0.0972. The summed E-state index contributed by atoms with van der Waals surface area (Å²) in [4.78, 5) is 12.5. The molecule has 1 N–H and O–H groups in total. The van der Waals surface area contributed by atoms with Crippen LogP contribution in [0.3, 0.4) is 0 Å². The Hall–Kier alpha value is -2.35. The van der Waals surface area contributed by atoms with Crippen molar-refractivity contribution in [3.05, 3.63) is 77.9 Å². The highest BCUT2D eigenvalue weighted by atomic mass is 16.1. The highest BCUT2D eigenvalue weighted by Crippen LogP contribution is 2.23. The molecule has 2 rings (SSSR count). The van der Waals surface area contributed by atoms with Crippen LogP contribution in [0.1, 0.15) is 47.7 Å². The Balaban J connectivity index is 2.20. The maximum atomic E-state index is 12.5. The van der Waals surface area contributed by atoms with Gasteiger partial charge in [-0.05, 0) is 29.5 Å². The molecular formula is C19H21NO. The van der Waals surface area contributed by atoms with Crippen LogP contribution in [0.2, 0.25) is 0 Å². The summed E-state index contributed by atoms with van der Waals surface area (Å²) >= 11 is 0. The van der Waals surface area contributed by atoms with Crippen LogP contribution in [0.25, 0.3) is 5.70 Å². The lowest BCUT2D eigenvalue weighted by Gasteiger charge is -2.15. The van der Waals surface area contributed by atoms with Crippen LogP contribution in [0.5, 0.6) is 0 Å². The zero-order valence-corrected chi connectivity index (χ0v) is 12.6. The lowest BCUT2D eigenvalue weighted by Crippen LogP contribution is -2.23. The van der Waals surface area contributed by atoms with E-state index in [9.17, 15) is 4.79 Å². The predicted octanol–water partition coefficient (Wildman–Crippen LogP) is 4.60. The van der Waals surface area contributed by atoms with Gasteiger partial charge in [-0.15, -0.1) is 0 Å². The summed E-state index contributed by atoms with van der Waals surface area (Å²) in [5, 5.41) is 2.90. The molecule has 21 heavy (non-hydrogen) atoms. The van der Waals surface area contributed by atoms with Crippen molar-refractivity contribution in [3.63, 3.8) is 0 Å². The van der Waals surface area contributed by atoms with Crippen molar-refractivity contribution in [2.45, 2.75) is 26.2 Å². The third-order valence-corrected chi connectivity index (χ3v) is 3.74. The van der Waals surface area contributed by atoms with Gasteiger partial charge in [0, 0.05) is 11.3 Å². The molecule has 0 radical (unpaired) electrons. The second kappa shape index (κ2) is 6.89. The van der Waals surface area contributed by atoms with Gasteiger partial charge in [-0.25, -0.2) is 0 Å². The molecule has 2 aromatic rings. The van der Waals surface area contributed by atoms with Crippen molar-refractivity contribution in [2.24, 2.45) is 0 Å². The molecule has 0 heterocycles. The Morgan fingerprint density at radius 3 is 2.38 bits per heavy atom. The van der Waals surface area contributed by atoms with Gasteiger partial charge >= 0.3 is 0 Å². The fourth-order valence-corrected chi connectivity index (χ4v) is 2.27. The molecule has 0 aliphatic rings. The second-order valence-electron chi connectivity index (χ2n) is 5.20. The lowest BCUT2D eigenvalue weighted by atomic mass is 9.93. The largest absolute Gasteiger partial charge is 0.322 e. The average Bonchev–Trinajstić information content (AvgIpc) is 2.54. The van der Waals surface area contributed by atoms with E-state index < -0.39 is 0 Å². The van der Waals surface area contributed by atoms with Gasteiger partial charge in [-0.1, -0.05) is 69.0 Å². The highest BCUT2D eigenvalue weighted by molar-refractivity contribution is 6.00. The van der Waals surface area contributed by atoms with Crippen LogP contribution in [-0.2, 0) is 0 Å². The van der Waals surface area contributed by atoms with E-state index in [0.717, 1.165) is 23.1 Å². The maximum absolute atomic E-state index is 12.5. The number of benzene rings is 2. The average molecular weight is 279 g/mol. The number of amides is 1. The standard InChI is InChI=1S/C19H21NO/c1-4-14(2)17-12-8-9-13-18(17)19(21)20-15(3)16-10-6-5-7-11-16/h5-14H,3-4H2,1-2H3,(H,20,21). The van der Waals surface area contributed by atoms with Gasteiger partial charge in [0.25, 0.3) is 5.91 Å². The van der Waals surface area contributed by atoms with E-state index in [4.69, 9.17) is 0 Å². The van der Waals surface area contributed by atoms with E-state index >= 15 is 0 Å². The van der Waals surface area contributed by atoms with Gasteiger partial charge < -0.3 is 5.32 Å². The van der Waals surface area contributed by atoms with Crippen LogP contribution in [-0.4, -0.2) is 5.91 Å². The molecule has 0 saturated heterocycles. The third kappa shape index (κ3) is 3.60. The van der Waals surface area contributed by atoms with Crippen LogP contribution in [0, 0.1) is 0 Å². The van der Waals surface area contributed by atoms with Crippen molar-refractivity contribution >= 4 is 11.6 Å². The fourth-order valence-electron chi connectivity index (χ4n) is 2.27. The number of hydrogen-bond donors (Lipinski definition) is 1. The van der Waals surface area contributed by atoms with Crippen molar-refractivity contribution in [1.29, 1.82) is 0 Å². The first-order valence-electron chi connectivity index (χ1n) is 7.28. The van der Waals surface area contributed by atoms with Crippen molar-refractivity contribution in [1.82, 2.24) is 5.32 Å². The van der Waals surface area contributed by atoms with E-state index in [1.807, 2.05) is 54.6 Å². The summed E-state index contributed by atoms with van der Waals surface area (Å²) in [6, 6.07) is 17.4. The van der Waals surface area contributed by atoms with Gasteiger partial charge in [0.2, 0.25) is 0 Å². The molecule has 2 nitrogen and oxygen atoms in total. The summed E-state index contributed by atoms with van der Waals surface area (Å²) in [6.07, 6.45) is 1.00. The molecule has 0 aliphatic carbocycles. The molecule has 0 aromatic heterocycles. The Labute approximate surface area is 126 Å². The minimum Gasteiger partial charge on any atom is -0.322 e. The molecule has 0 fully saturated rings. The van der Waals surface area contributed by atoms with Gasteiger partial charge in [-0.3, -0.25) is 4.79 Å². The van der Waals surface area contributed by atoms with E-state index in [1.54, 1.807) is 0 Å². The van der Waals surface area contributed by atoms with Crippen LogP contribution in [0.4, 0.5) is 0 Å². The fraction of sp³-hybridized carbons (Fsp3) is 0.211. The van der Waals surface area contributed by atoms with Crippen molar-refractivity contribution in [3.8, 4) is 0 Å². The molecule has 0 bridgehead atoms. The Bertz CT molecular complexity index is 631. The first kappa shape index (κ1) is 15.0. The monoisotopic (exact) mass is 279 g/mol. The zero-order chi connectivity index (χ0) is 15.2. The summed E-state index contributed by atoms with van der Waals surface area (Å²) < 4.78 is 0. The molecule has 2 heteroatoms. The minimum absolute atomic E-state index is 0.0975. The molecule has 1 amide bonds. The molecule has 0 saturated carbocycles. The van der Waals surface area contributed by atoms with Crippen molar-refractivity contribution < 1.29 is 4.79 Å². The quantitative estimate of drug-likeness (QED) is 0.851. The molecular weight excluding hydrogens is 258 g/mol. The topological polar surface area (TPSA) is 29.1 Å². The number of hydrogen-bond acceptors (Lipinski definition) is 1. The third-order valence-electron chi connectivity index (χ3n) is 3.74. The number of nitrogens with one attached hydrogen (secondary N) is 1. The molecule has 1 atom stereocenters. The first-order chi connectivity index (χ1) is 10.1. The number of carbonyl (C=O) groups is 1. The van der Waals surface area contributed by atoms with E-state index in [0.29, 0.717) is 11.6 Å². The van der Waals surface area contributed by atoms with Gasteiger partial charge in [0.15, 0.2) is 0 Å². The summed E-state index contributed by atoms with van der Waals surface area (Å²) in [5.41, 5.74) is 3.36.